The van der Waals surface area contributed by atoms with Gasteiger partial charge >= 0.3 is 0 Å². The highest BCUT2D eigenvalue weighted by molar-refractivity contribution is 9.09. The fraction of sp³-hybridized carbons (Fsp3) is 0.571. The summed E-state index contributed by atoms with van der Waals surface area (Å²) in [5.41, 5.74) is 0. The van der Waals surface area contributed by atoms with E-state index in [0.717, 1.165) is 13.0 Å². The second kappa shape index (κ2) is 6.81. The standard InChI is InChI=1S/C7H12BrNO/c1-2-3-4-5-9-7(10)6-8/h2-3H,4-6H2,1H3,(H,9,10)/b3-2+. The molecule has 3 heteroatoms. The van der Waals surface area contributed by atoms with Gasteiger partial charge in [-0.1, -0.05) is 28.1 Å². The van der Waals surface area contributed by atoms with E-state index in [1.54, 1.807) is 0 Å². The first-order chi connectivity index (χ1) is 4.81. The normalized spacial score (nSPS) is 10.2. The van der Waals surface area contributed by atoms with Crippen LogP contribution in [-0.4, -0.2) is 17.8 Å². The summed E-state index contributed by atoms with van der Waals surface area (Å²) in [4.78, 5) is 10.6. The minimum absolute atomic E-state index is 0.0458. The van der Waals surface area contributed by atoms with Gasteiger partial charge in [0.25, 0.3) is 0 Å². The summed E-state index contributed by atoms with van der Waals surface area (Å²) >= 11 is 3.05. The molecular formula is C7H12BrNO. The van der Waals surface area contributed by atoms with Crippen LogP contribution in [0.15, 0.2) is 12.2 Å². The van der Waals surface area contributed by atoms with Crippen molar-refractivity contribution < 1.29 is 4.79 Å². The predicted molar refractivity (Wildman–Crippen MR) is 46.2 cm³/mol. The highest BCUT2D eigenvalue weighted by atomic mass is 79.9. The molecule has 0 saturated carbocycles. The minimum Gasteiger partial charge on any atom is -0.355 e. The van der Waals surface area contributed by atoms with Gasteiger partial charge in [-0.05, 0) is 13.3 Å². The molecule has 58 valence electrons. The maximum absolute atomic E-state index is 10.6. The van der Waals surface area contributed by atoms with Crippen LogP contribution in [0.5, 0.6) is 0 Å². The van der Waals surface area contributed by atoms with E-state index >= 15 is 0 Å². The van der Waals surface area contributed by atoms with Crippen molar-refractivity contribution in [2.24, 2.45) is 0 Å². The number of rotatable bonds is 4. The zero-order valence-electron chi connectivity index (χ0n) is 6.06. The summed E-state index contributed by atoms with van der Waals surface area (Å²) in [6.07, 6.45) is 4.91. The van der Waals surface area contributed by atoms with Crippen LogP contribution in [0.4, 0.5) is 0 Å². The predicted octanol–water partition coefficient (Wildman–Crippen LogP) is 1.46. The summed E-state index contributed by atoms with van der Waals surface area (Å²) in [5.74, 6) is 0.0458. The van der Waals surface area contributed by atoms with E-state index in [2.05, 4.69) is 21.2 Å². The lowest BCUT2D eigenvalue weighted by atomic mass is 10.4. The Balaban J connectivity index is 3.11. The number of halogens is 1. The molecule has 0 unspecified atom stereocenters. The van der Waals surface area contributed by atoms with E-state index in [0.29, 0.717) is 5.33 Å². The molecule has 0 aromatic carbocycles. The van der Waals surface area contributed by atoms with Crippen LogP contribution in [0.3, 0.4) is 0 Å². The molecule has 0 heterocycles. The Hall–Kier alpha value is -0.310. The largest absolute Gasteiger partial charge is 0.355 e. The van der Waals surface area contributed by atoms with Gasteiger partial charge < -0.3 is 5.32 Å². The molecule has 0 aliphatic rings. The molecule has 1 N–H and O–H groups in total. The molecule has 0 aromatic rings. The fourth-order valence-electron chi connectivity index (χ4n) is 0.509. The summed E-state index contributed by atoms with van der Waals surface area (Å²) in [6, 6.07) is 0. The molecule has 0 aromatic heterocycles. The number of hydrogen-bond acceptors (Lipinski definition) is 1. The third-order valence-electron chi connectivity index (χ3n) is 0.990. The Bertz CT molecular complexity index is 123. The van der Waals surface area contributed by atoms with Gasteiger partial charge in [0.2, 0.25) is 5.91 Å². The Morgan fingerprint density at radius 2 is 2.40 bits per heavy atom. The minimum atomic E-state index is 0.0458. The monoisotopic (exact) mass is 205 g/mol. The Labute approximate surface area is 69.8 Å². The van der Waals surface area contributed by atoms with Crippen LogP contribution in [0.25, 0.3) is 0 Å². The van der Waals surface area contributed by atoms with Crippen molar-refractivity contribution in [3.8, 4) is 0 Å². The molecule has 0 radical (unpaired) electrons. The second-order valence-corrected chi connectivity index (χ2v) is 2.40. The number of carbonyl (C=O) groups excluding carboxylic acids is 1. The molecule has 0 fully saturated rings. The summed E-state index contributed by atoms with van der Waals surface area (Å²) < 4.78 is 0. The molecule has 2 nitrogen and oxygen atoms in total. The third kappa shape index (κ3) is 5.82. The van der Waals surface area contributed by atoms with Crippen LogP contribution in [0.2, 0.25) is 0 Å². The smallest absolute Gasteiger partial charge is 0.230 e. The van der Waals surface area contributed by atoms with Gasteiger partial charge in [0.15, 0.2) is 0 Å². The Kier molecular flexibility index (Phi) is 6.59. The van der Waals surface area contributed by atoms with Crippen molar-refractivity contribution in [1.82, 2.24) is 5.32 Å². The van der Waals surface area contributed by atoms with Crippen molar-refractivity contribution in [2.45, 2.75) is 13.3 Å². The molecule has 1 amide bonds. The highest BCUT2D eigenvalue weighted by Gasteiger charge is 1.92. The van der Waals surface area contributed by atoms with Crippen LogP contribution in [0.1, 0.15) is 13.3 Å². The van der Waals surface area contributed by atoms with Gasteiger partial charge in [-0.2, -0.15) is 0 Å². The van der Waals surface area contributed by atoms with Gasteiger partial charge in [0, 0.05) is 6.54 Å². The first kappa shape index (κ1) is 9.69. The number of alkyl halides is 1. The molecule has 0 saturated heterocycles. The maximum atomic E-state index is 10.6. The average Bonchev–Trinajstić information content (AvgIpc) is 1.98. The summed E-state index contributed by atoms with van der Waals surface area (Å²) in [7, 11) is 0. The highest BCUT2D eigenvalue weighted by Crippen LogP contribution is 1.81. The topological polar surface area (TPSA) is 29.1 Å². The molecule has 0 rings (SSSR count). The van der Waals surface area contributed by atoms with Crippen molar-refractivity contribution in [3.05, 3.63) is 12.2 Å². The van der Waals surface area contributed by atoms with E-state index < -0.39 is 0 Å². The molecule has 0 aliphatic heterocycles. The van der Waals surface area contributed by atoms with Gasteiger partial charge in [-0.15, -0.1) is 0 Å². The van der Waals surface area contributed by atoms with Crippen LogP contribution < -0.4 is 5.32 Å². The Morgan fingerprint density at radius 1 is 1.70 bits per heavy atom. The van der Waals surface area contributed by atoms with Crippen LogP contribution in [-0.2, 0) is 4.79 Å². The molecule has 10 heavy (non-hydrogen) atoms. The Morgan fingerprint density at radius 3 is 2.90 bits per heavy atom. The summed E-state index contributed by atoms with van der Waals surface area (Å²) in [6.45, 7) is 2.70. The SMILES string of the molecule is C/C=C/CCNC(=O)CBr. The van der Waals surface area contributed by atoms with Gasteiger partial charge in [0.05, 0.1) is 5.33 Å². The second-order valence-electron chi connectivity index (χ2n) is 1.84. The van der Waals surface area contributed by atoms with E-state index in [4.69, 9.17) is 0 Å². The maximum Gasteiger partial charge on any atom is 0.230 e. The van der Waals surface area contributed by atoms with Crippen LogP contribution in [0, 0.1) is 0 Å². The van der Waals surface area contributed by atoms with Gasteiger partial charge in [-0.3, -0.25) is 4.79 Å². The molecule has 0 atom stereocenters. The third-order valence-corrected chi connectivity index (χ3v) is 1.50. The molecule has 0 bridgehead atoms. The number of allylic oxidation sites excluding steroid dienone is 1. The van der Waals surface area contributed by atoms with E-state index in [-0.39, 0.29) is 5.91 Å². The summed E-state index contributed by atoms with van der Waals surface area (Å²) in [5, 5.41) is 3.12. The van der Waals surface area contributed by atoms with Gasteiger partial charge in [-0.25, -0.2) is 0 Å². The van der Waals surface area contributed by atoms with Crippen molar-refractivity contribution in [1.29, 1.82) is 0 Å². The lowest BCUT2D eigenvalue weighted by molar-refractivity contribution is -0.118. The number of amides is 1. The zero-order valence-corrected chi connectivity index (χ0v) is 7.65. The molecule has 0 aliphatic carbocycles. The van der Waals surface area contributed by atoms with Crippen molar-refractivity contribution in [2.75, 3.05) is 11.9 Å². The van der Waals surface area contributed by atoms with E-state index in [1.165, 1.54) is 0 Å². The first-order valence-corrected chi connectivity index (χ1v) is 4.37. The van der Waals surface area contributed by atoms with E-state index in [1.807, 2.05) is 19.1 Å². The van der Waals surface area contributed by atoms with Crippen molar-refractivity contribution >= 4 is 21.8 Å². The lowest BCUT2D eigenvalue weighted by Crippen LogP contribution is -2.24. The molecule has 0 spiro atoms. The number of hydrogen-bond donors (Lipinski definition) is 1. The molecular weight excluding hydrogens is 194 g/mol. The number of nitrogens with one attached hydrogen (secondary N) is 1. The number of carbonyl (C=O) groups is 1. The van der Waals surface area contributed by atoms with Gasteiger partial charge in [0.1, 0.15) is 0 Å². The quantitative estimate of drug-likeness (QED) is 0.421. The first-order valence-electron chi connectivity index (χ1n) is 3.25. The fourth-order valence-corrected chi connectivity index (χ4v) is 0.707. The van der Waals surface area contributed by atoms with E-state index in [9.17, 15) is 4.79 Å². The average molecular weight is 206 g/mol. The zero-order chi connectivity index (χ0) is 7.82. The van der Waals surface area contributed by atoms with Crippen molar-refractivity contribution in [3.63, 3.8) is 0 Å². The lowest BCUT2D eigenvalue weighted by Gasteiger charge is -1.97. The van der Waals surface area contributed by atoms with Crippen LogP contribution >= 0.6 is 15.9 Å².